The van der Waals surface area contributed by atoms with Crippen molar-refractivity contribution in [3.05, 3.63) is 22.2 Å². The highest BCUT2D eigenvalue weighted by Gasteiger charge is 2.20. The number of aldehydes is 1. The van der Waals surface area contributed by atoms with E-state index in [0.29, 0.717) is 27.8 Å². The van der Waals surface area contributed by atoms with Crippen molar-refractivity contribution in [3.63, 3.8) is 0 Å². The van der Waals surface area contributed by atoms with E-state index in [2.05, 4.69) is 15.9 Å². The number of carbonyl (C=O) groups is 2. The maximum Gasteiger partial charge on any atom is 0.262 e. The van der Waals surface area contributed by atoms with Crippen molar-refractivity contribution in [2.24, 2.45) is 0 Å². The molecular weight excluding hydrogens is 314 g/mol. The maximum absolute atomic E-state index is 11.8. The molecule has 1 rings (SSSR count). The van der Waals surface area contributed by atoms with Gasteiger partial charge in [0.25, 0.3) is 5.91 Å². The second-order valence-corrected chi connectivity index (χ2v) is 5.00. The van der Waals surface area contributed by atoms with Crippen molar-refractivity contribution in [1.29, 1.82) is 0 Å². The van der Waals surface area contributed by atoms with Gasteiger partial charge in [-0.3, -0.25) is 9.59 Å². The third-order valence-electron chi connectivity index (χ3n) is 2.47. The molecule has 0 aromatic heterocycles. The molecule has 0 fully saturated rings. The van der Waals surface area contributed by atoms with Gasteiger partial charge in [0.15, 0.2) is 17.6 Å². The SMILES string of the molecule is COc1cc(C=O)cc(Br)c1OC(C)C(=O)N(C)C. The number of likely N-dealkylation sites (N-methyl/N-ethyl adjacent to an activating group) is 1. The normalized spacial score (nSPS) is 11.6. The number of carbonyl (C=O) groups excluding carboxylic acids is 2. The van der Waals surface area contributed by atoms with Gasteiger partial charge >= 0.3 is 0 Å². The second-order valence-electron chi connectivity index (χ2n) is 4.14. The highest BCUT2D eigenvalue weighted by atomic mass is 79.9. The van der Waals surface area contributed by atoms with E-state index in [9.17, 15) is 9.59 Å². The topological polar surface area (TPSA) is 55.8 Å². The fraction of sp³-hybridized carbons (Fsp3) is 0.385. The number of ether oxygens (including phenoxy) is 2. The van der Waals surface area contributed by atoms with E-state index in [1.54, 1.807) is 33.2 Å². The fourth-order valence-electron chi connectivity index (χ4n) is 1.51. The van der Waals surface area contributed by atoms with E-state index >= 15 is 0 Å². The molecule has 0 aliphatic rings. The quantitative estimate of drug-likeness (QED) is 0.776. The van der Waals surface area contributed by atoms with Crippen molar-refractivity contribution in [1.82, 2.24) is 4.90 Å². The molecule has 0 saturated carbocycles. The number of hydrogen-bond acceptors (Lipinski definition) is 4. The number of halogens is 1. The Hall–Kier alpha value is -1.56. The predicted molar refractivity (Wildman–Crippen MR) is 74.9 cm³/mol. The molecule has 0 radical (unpaired) electrons. The first-order chi connectivity index (χ1) is 8.90. The summed E-state index contributed by atoms with van der Waals surface area (Å²) in [6.45, 7) is 1.65. The molecule has 1 atom stereocenters. The van der Waals surface area contributed by atoms with Crippen molar-refractivity contribution < 1.29 is 19.1 Å². The van der Waals surface area contributed by atoms with Crippen LogP contribution in [0.3, 0.4) is 0 Å². The van der Waals surface area contributed by atoms with Crippen molar-refractivity contribution in [3.8, 4) is 11.5 Å². The van der Waals surface area contributed by atoms with Gasteiger partial charge in [0.05, 0.1) is 11.6 Å². The maximum atomic E-state index is 11.8. The average Bonchev–Trinajstić information content (AvgIpc) is 2.39. The summed E-state index contributed by atoms with van der Waals surface area (Å²) in [4.78, 5) is 24.0. The third kappa shape index (κ3) is 3.70. The van der Waals surface area contributed by atoms with Gasteiger partial charge in [0, 0.05) is 19.7 Å². The molecule has 1 aromatic rings. The van der Waals surface area contributed by atoms with Gasteiger partial charge in [-0.15, -0.1) is 0 Å². The Bertz CT molecular complexity index is 488. The van der Waals surface area contributed by atoms with Gasteiger partial charge in [0.1, 0.15) is 6.29 Å². The van der Waals surface area contributed by atoms with E-state index in [1.165, 1.54) is 12.0 Å². The molecule has 1 aromatic carbocycles. The van der Waals surface area contributed by atoms with Crippen LogP contribution in [-0.2, 0) is 4.79 Å². The first-order valence-corrected chi connectivity index (χ1v) is 6.40. The van der Waals surface area contributed by atoms with Crippen molar-refractivity contribution >= 4 is 28.1 Å². The summed E-state index contributed by atoms with van der Waals surface area (Å²) < 4.78 is 11.3. The standard InChI is InChI=1S/C13H16BrNO4/c1-8(13(17)15(2)3)19-12-10(14)5-9(7-16)6-11(12)18-4/h5-8H,1-4H3. The molecule has 1 amide bonds. The van der Waals surface area contributed by atoms with Crippen LogP contribution in [0.15, 0.2) is 16.6 Å². The van der Waals surface area contributed by atoms with Crippen LogP contribution in [0.1, 0.15) is 17.3 Å². The minimum Gasteiger partial charge on any atom is -0.493 e. The summed E-state index contributed by atoms with van der Waals surface area (Å²) in [6, 6.07) is 3.16. The van der Waals surface area contributed by atoms with Crippen LogP contribution in [0.25, 0.3) is 0 Å². The van der Waals surface area contributed by atoms with E-state index < -0.39 is 6.10 Å². The summed E-state index contributed by atoms with van der Waals surface area (Å²) in [5.41, 5.74) is 0.461. The Labute approximate surface area is 120 Å². The number of nitrogens with zero attached hydrogens (tertiary/aromatic N) is 1. The molecule has 5 nitrogen and oxygen atoms in total. The van der Waals surface area contributed by atoms with Crippen LogP contribution in [0.2, 0.25) is 0 Å². The summed E-state index contributed by atoms with van der Waals surface area (Å²) >= 11 is 3.31. The lowest BCUT2D eigenvalue weighted by Crippen LogP contribution is -2.35. The second kappa shape index (κ2) is 6.56. The molecule has 0 N–H and O–H groups in total. The number of amides is 1. The molecule has 6 heteroatoms. The van der Waals surface area contributed by atoms with E-state index in [4.69, 9.17) is 9.47 Å². The molecule has 0 spiro atoms. The predicted octanol–water partition coefficient (Wildman–Crippen LogP) is 2.13. The zero-order valence-electron chi connectivity index (χ0n) is 11.3. The minimum absolute atomic E-state index is 0.159. The van der Waals surface area contributed by atoms with Gasteiger partial charge in [-0.2, -0.15) is 0 Å². The van der Waals surface area contributed by atoms with Crippen LogP contribution in [0.5, 0.6) is 11.5 Å². The Kier molecular flexibility index (Phi) is 5.35. The number of hydrogen-bond donors (Lipinski definition) is 0. The molecule has 19 heavy (non-hydrogen) atoms. The first-order valence-electron chi connectivity index (χ1n) is 5.61. The summed E-state index contributed by atoms with van der Waals surface area (Å²) in [5.74, 6) is 0.638. The number of benzene rings is 1. The van der Waals surface area contributed by atoms with Crippen LogP contribution in [-0.4, -0.2) is 44.4 Å². The molecule has 0 bridgehead atoms. The van der Waals surface area contributed by atoms with E-state index in [-0.39, 0.29) is 5.91 Å². The van der Waals surface area contributed by atoms with Crippen LogP contribution in [0.4, 0.5) is 0 Å². The first kappa shape index (κ1) is 15.5. The van der Waals surface area contributed by atoms with Gasteiger partial charge in [-0.1, -0.05) is 0 Å². The smallest absolute Gasteiger partial charge is 0.262 e. The zero-order chi connectivity index (χ0) is 14.6. The van der Waals surface area contributed by atoms with E-state index in [1.807, 2.05) is 0 Å². The number of rotatable bonds is 5. The summed E-state index contributed by atoms with van der Waals surface area (Å²) in [6.07, 6.45) is 0.0631. The Morgan fingerprint density at radius 2 is 2.05 bits per heavy atom. The van der Waals surface area contributed by atoms with Crippen LogP contribution >= 0.6 is 15.9 Å². The fourth-order valence-corrected chi connectivity index (χ4v) is 2.07. The largest absolute Gasteiger partial charge is 0.493 e. The molecule has 0 saturated heterocycles. The number of methoxy groups -OCH3 is 1. The zero-order valence-corrected chi connectivity index (χ0v) is 12.9. The minimum atomic E-state index is -0.651. The lowest BCUT2D eigenvalue weighted by molar-refractivity contribution is -0.135. The van der Waals surface area contributed by atoms with Gasteiger partial charge in [0.2, 0.25) is 0 Å². The molecule has 0 aliphatic heterocycles. The highest BCUT2D eigenvalue weighted by molar-refractivity contribution is 9.10. The molecular formula is C13H16BrNO4. The molecule has 0 aliphatic carbocycles. The van der Waals surface area contributed by atoms with Crippen molar-refractivity contribution in [2.45, 2.75) is 13.0 Å². The molecule has 104 valence electrons. The lowest BCUT2D eigenvalue weighted by atomic mass is 10.2. The lowest BCUT2D eigenvalue weighted by Gasteiger charge is -2.20. The third-order valence-corrected chi connectivity index (χ3v) is 3.06. The summed E-state index contributed by atoms with van der Waals surface area (Å²) in [7, 11) is 4.79. The molecule has 0 heterocycles. The van der Waals surface area contributed by atoms with Crippen LogP contribution < -0.4 is 9.47 Å². The highest BCUT2D eigenvalue weighted by Crippen LogP contribution is 2.37. The Balaban J connectivity index is 3.07. The van der Waals surface area contributed by atoms with E-state index in [0.717, 1.165) is 0 Å². The molecule has 1 unspecified atom stereocenters. The van der Waals surface area contributed by atoms with Gasteiger partial charge < -0.3 is 14.4 Å². The Morgan fingerprint density at radius 1 is 1.42 bits per heavy atom. The Morgan fingerprint density at radius 3 is 2.53 bits per heavy atom. The monoisotopic (exact) mass is 329 g/mol. The van der Waals surface area contributed by atoms with Crippen molar-refractivity contribution in [2.75, 3.05) is 21.2 Å². The summed E-state index contributed by atoms with van der Waals surface area (Å²) in [5, 5.41) is 0. The van der Waals surface area contributed by atoms with Crippen LogP contribution in [0, 0.1) is 0 Å². The van der Waals surface area contributed by atoms with Gasteiger partial charge in [-0.05, 0) is 35.0 Å². The van der Waals surface area contributed by atoms with Gasteiger partial charge in [-0.25, -0.2) is 0 Å². The average molecular weight is 330 g/mol.